The number of aromatic nitrogens is 2. The van der Waals surface area contributed by atoms with E-state index in [1.807, 2.05) is 31.2 Å². The van der Waals surface area contributed by atoms with Gasteiger partial charge in [0, 0.05) is 18.7 Å². The average Bonchev–Trinajstić information content (AvgIpc) is 2.86. The summed E-state index contributed by atoms with van der Waals surface area (Å²) in [5, 5.41) is 11.2. The van der Waals surface area contributed by atoms with E-state index in [1.165, 1.54) is 0 Å². The molecule has 2 aromatic rings. The van der Waals surface area contributed by atoms with Gasteiger partial charge in [0.15, 0.2) is 0 Å². The van der Waals surface area contributed by atoms with E-state index in [-0.39, 0.29) is 6.04 Å². The number of ether oxygens (including phenoxy) is 1. The van der Waals surface area contributed by atoms with Crippen LogP contribution in [0.2, 0.25) is 0 Å². The number of nitrogens with one attached hydrogen (secondary N) is 1. The second-order valence-corrected chi connectivity index (χ2v) is 4.76. The van der Waals surface area contributed by atoms with Gasteiger partial charge < -0.3 is 14.5 Å². The van der Waals surface area contributed by atoms with Crippen molar-refractivity contribution >= 4 is 5.69 Å². The normalized spacial score (nSPS) is 12.2. The SMILES string of the molecule is CCCCOc1cccc(N[C@H](C)c2nnc(C)o2)c1. The maximum absolute atomic E-state index is 5.69. The largest absolute Gasteiger partial charge is 0.494 e. The van der Waals surface area contributed by atoms with Crippen LogP contribution in [-0.4, -0.2) is 16.8 Å². The Morgan fingerprint density at radius 3 is 2.90 bits per heavy atom. The number of aryl methyl sites for hydroxylation is 1. The zero-order chi connectivity index (χ0) is 14.4. The summed E-state index contributed by atoms with van der Waals surface area (Å²) < 4.78 is 11.1. The molecule has 5 nitrogen and oxygen atoms in total. The molecule has 0 aliphatic rings. The third-order valence-corrected chi connectivity index (χ3v) is 2.90. The van der Waals surface area contributed by atoms with Crippen LogP contribution < -0.4 is 10.1 Å². The Bertz CT molecular complexity index is 539. The van der Waals surface area contributed by atoms with Crippen molar-refractivity contribution < 1.29 is 9.15 Å². The summed E-state index contributed by atoms with van der Waals surface area (Å²) in [5.74, 6) is 2.03. The van der Waals surface area contributed by atoms with Gasteiger partial charge in [-0.2, -0.15) is 0 Å². The van der Waals surface area contributed by atoms with Crippen molar-refractivity contribution in [3.63, 3.8) is 0 Å². The van der Waals surface area contributed by atoms with Gasteiger partial charge >= 0.3 is 0 Å². The number of hydrogen-bond acceptors (Lipinski definition) is 5. The lowest BCUT2D eigenvalue weighted by atomic mass is 10.2. The third-order valence-electron chi connectivity index (χ3n) is 2.90. The van der Waals surface area contributed by atoms with E-state index in [9.17, 15) is 0 Å². The van der Waals surface area contributed by atoms with E-state index in [1.54, 1.807) is 6.92 Å². The molecule has 0 saturated heterocycles. The van der Waals surface area contributed by atoms with Crippen LogP contribution >= 0.6 is 0 Å². The lowest BCUT2D eigenvalue weighted by Crippen LogP contribution is -2.07. The fourth-order valence-electron chi connectivity index (χ4n) is 1.81. The minimum atomic E-state index is -0.0397. The highest BCUT2D eigenvalue weighted by Crippen LogP contribution is 2.22. The van der Waals surface area contributed by atoms with Gasteiger partial charge in [-0.15, -0.1) is 10.2 Å². The topological polar surface area (TPSA) is 60.2 Å². The quantitative estimate of drug-likeness (QED) is 0.780. The molecule has 0 aliphatic carbocycles. The van der Waals surface area contributed by atoms with Crippen molar-refractivity contribution in [3.8, 4) is 5.75 Å². The highest BCUT2D eigenvalue weighted by atomic mass is 16.5. The number of benzene rings is 1. The monoisotopic (exact) mass is 275 g/mol. The minimum Gasteiger partial charge on any atom is -0.494 e. The van der Waals surface area contributed by atoms with Crippen molar-refractivity contribution in [2.24, 2.45) is 0 Å². The predicted octanol–water partition coefficient (Wildman–Crippen LogP) is 3.73. The van der Waals surface area contributed by atoms with E-state index in [0.29, 0.717) is 11.8 Å². The first-order chi connectivity index (χ1) is 9.69. The predicted molar refractivity (Wildman–Crippen MR) is 77.9 cm³/mol. The van der Waals surface area contributed by atoms with Gasteiger partial charge in [0.1, 0.15) is 11.8 Å². The molecule has 2 rings (SSSR count). The molecule has 0 unspecified atom stereocenters. The van der Waals surface area contributed by atoms with Gasteiger partial charge in [-0.3, -0.25) is 0 Å². The molecule has 1 atom stereocenters. The van der Waals surface area contributed by atoms with Gasteiger partial charge in [0.2, 0.25) is 11.8 Å². The van der Waals surface area contributed by atoms with E-state index >= 15 is 0 Å². The van der Waals surface area contributed by atoms with Crippen molar-refractivity contribution in [2.45, 2.75) is 39.7 Å². The minimum absolute atomic E-state index is 0.0397. The molecular weight excluding hydrogens is 254 g/mol. The summed E-state index contributed by atoms with van der Waals surface area (Å²) in [6, 6.07) is 7.86. The van der Waals surface area contributed by atoms with Crippen LogP contribution in [0.25, 0.3) is 0 Å². The van der Waals surface area contributed by atoms with Gasteiger partial charge in [-0.25, -0.2) is 0 Å². The second kappa shape index (κ2) is 6.93. The standard InChI is InChI=1S/C15H21N3O2/c1-4-5-9-19-14-8-6-7-13(10-14)16-11(2)15-18-17-12(3)20-15/h6-8,10-11,16H,4-5,9H2,1-3H3/t11-/m1/s1. The van der Waals surface area contributed by atoms with Gasteiger partial charge in [-0.05, 0) is 25.5 Å². The van der Waals surface area contributed by atoms with Crippen LogP contribution in [0.3, 0.4) is 0 Å². The number of hydrogen-bond donors (Lipinski definition) is 1. The molecule has 0 bridgehead atoms. The Hall–Kier alpha value is -2.04. The van der Waals surface area contributed by atoms with E-state index in [2.05, 4.69) is 22.4 Å². The number of rotatable bonds is 7. The van der Waals surface area contributed by atoms with Crippen LogP contribution in [0.4, 0.5) is 5.69 Å². The molecular formula is C15H21N3O2. The Morgan fingerprint density at radius 2 is 2.20 bits per heavy atom. The molecule has 20 heavy (non-hydrogen) atoms. The molecule has 0 amide bonds. The lowest BCUT2D eigenvalue weighted by molar-refractivity contribution is 0.309. The molecule has 108 valence electrons. The van der Waals surface area contributed by atoms with E-state index in [0.717, 1.165) is 30.9 Å². The molecule has 1 aromatic heterocycles. The molecule has 0 aliphatic heterocycles. The molecule has 5 heteroatoms. The summed E-state index contributed by atoms with van der Waals surface area (Å²) >= 11 is 0. The zero-order valence-corrected chi connectivity index (χ0v) is 12.2. The summed E-state index contributed by atoms with van der Waals surface area (Å²) in [7, 11) is 0. The maximum Gasteiger partial charge on any atom is 0.238 e. The molecule has 0 radical (unpaired) electrons. The molecule has 0 saturated carbocycles. The van der Waals surface area contributed by atoms with Gasteiger partial charge in [0.05, 0.1) is 6.61 Å². The molecule has 0 fully saturated rings. The van der Waals surface area contributed by atoms with E-state index < -0.39 is 0 Å². The second-order valence-electron chi connectivity index (χ2n) is 4.76. The van der Waals surface area contributed by atoms with Crippen LogP contribution in [0.15, 0.2) is 28.7 Å². The fraction of sp³-hybridized carbons (Fsp3) is 0.467. The third kappa shape index (κ3) is 3.98. The van der Waals surface area contributed by atoms with Crippen LogP contribution in [0, 0.1) is 6.92 Å². The molecule has 1 heterocycles. The summed E-state index contributed by atoms with van der Waals surface area (Å²) in [5.41, 5.74) is 0.974. The maximum atomic E-state index is 5.69. The van der Waals surface area contributed by atoms with E-state index in [4.69, 9.17) is 9.15 Å². The van der Waals surface area contributed by atoms with Gasteiger partial charge in [-0.1, -0.05) is 19.4 Å². The fourth-order valence-corrected chi connectivity index (χ4v) is 1.81. The first-order valence-electron chi connectivity index (χ1n) is 6.98. The molecule has 1 aromatic carbocycles. The van der Waals surface area contributed by atoms with Crippen molar-refractivity contribution in [1.29, 1.82) is 0 Å². The first-order valence-corrected chi connectivity index (χ1v) is 6.98. The van der Waals surface area contributed by atoms with Crippen LogP contribution in [-0.2, 0) is 0 Å². The number of unbranched alkanes of at least 4 members (excludes halogenated alkanes) is 1. The number of anilines is 1. The van der Waals surface area contributed by atoms with Crippen molar-refractivity contribution in [2.75, 3.05) is 11.9 Å². The Kier molecular flexibility index (Phi) is 4.98. The molecule has 1 N–H and O–H groups in total. The Labute approximate surface area is 119 Å². The summed E-state index contributed by atoms with van der Waals surface area (Å²) in [6.07, 6.45) is 2.20. The summed E-state index contributed by atoms with van der Waals surface area (Å²) in [4.78, 5) is 0. The van der Waals surface area contributed by atoms with Gasteiger partial charge in [0.25, 0.3) is 0 Å². The highest BCUT2D eigenvalue weighted by molar-refractivity contribution is 5.49. The van der Waals surface area contributed by atoms with Crippen molar-refractivity contribution in [1.82, 2.24) is 10.2 Å². The highest BCUT2D eigenvalue weighted by Gasteiger charge is 2.12. The first kappa shape index (κ1) is 14.4. The average molecular weight is 275 g/mol. The number of nitrogens with zero attached hydrogens (tertiary/aromatic N) is 2. The Morgan fingerprint density at radius 1 is 1.35 bits per heavy atom. The smallest absolute Gasteiger partial charge is 0.238 e. The van der Waals surface area contributed by atoms with Crippen LogP contribution in [0.5, 0.6) is 5.75 Å². The van der Waals surface area contributed by atoms with Crippen molar-refractivity contribution in [3.05, 3.63) is 36.0 Å². The zero-order valence-electron chi connectivity index (χ0n) is 12.2. The summed E-state index contributed by atoms with van der Waals surface area (Å²) in [6.45, 7) is 6.66. The lowest BCUT2D eigenvalue weighted by Gasteiger charge is -2.13. The molecule has 0 spiro atoms. The van der Waals surface area contributed by atoms with Crippen LogP contribution in [0.1, 0.15) is 44.5 Å². The Balaban J connectivity index is 1.96.